The molecule has 0 atom stereocenters. The summed E-state index contributed by atoms with van der Waals surface area (Å²) in [4.78, 5) is 13.9. The fraction of sp³-hybridized carbons (Fsp3) is 0.571. The number of carbonyl (C=O) groups is 1. The van der Waals surface area contributed by atoms with Gasteiger partial charge < -0.3 is 0 Å². The molecule has 0 saturated heterocycles. The van der Waals surface area contributed by atoms with E-state index in [0.717, 1.165) is 4.68 Å². The Morgan fingerprint density at radius 1 is 1.50 bits per heavy atom. The molecule has 0 saturated carbocycles. The minimum atomic E-state index is -4.56. The van der Waals surface area contributed by atoms with Crippen molar-refractivity contribution in [3.63, 3.8) is 0 Å². The van der Waals surface area contributed by atoms with Crippen LogP contribution in [-0.4, -0.2) is 20.5 Å². The highest BCUT2D eigenvalue weighted by atomic mass is 19.4. The molecule has 0 unspecified atom stereocenters. The van der Waals surface area contributed by atoms with Crippen LogP contribution in [0.25, 0.3) is 0 Å². The Balaban J connectivity index is 2.99. The number of halogens is 3. The number of nitrogens with zero attached hydrogens (tertiary/aromatic N) is 3. The van der Waals surface area contributed by atoms with E-state index in [1.165, 1.54) is 13.8 Å². The van der Waals surface area contributed by atoms with E-state index >= 15 is 0 Å². The Hall–Kier alpha value is -1.40. The predicted molar refractivity (Wildman–Crippen MR) is 40.4 cm³/mol. The average molecular weight is 207 g/mol. The van der Waals surface area contributed by atoms with Crippen LogP contribution in [0.5, 0.6) is 0 Å². The quantitative estimate of drug-likeness (QED) is 0.731. The van der Waals surface area contributed by atoms with Gasteiger partial charge in [0.1, 0.15) is 12.4 Å². The van der Waals surface area contributed by atoms with Gasteiger partial charge in [0.05, 0.1) is 0 Å². The van der Waals surface area contributed by atoms with Crippen LogP contribution in [0.4, 0.5) is 13.2 Å². The SMILES string of the molecule is CC(=O)Cn1nc(C(F)(F)F)nc1C. The van der Waals surface area contributed by atoms with E-state index in [1.807, 2.05) is 0 Å². The van der Waals surface area contributed by atoms with Crippen LogP contribution in [-0.2, 0) is 17.5 Å². The summed E-state index contributed by atoms with van der Waals surface area (Å²) >= 11 is 0. The molecule has 0 aliphatic rings. The topological polar surface area (TPSA) is 47.8 Å². The summed E-state index contributed by atoms with van der Waals surface area (Å²) in [5, 5.41) is 3.18. The molecule has 0 bridgehead atoms. The molecule has 0 N–H and O–H groups in total. The second kappa shape index (κ2) is 3.39. The number of hydrogen-bond acceptors (Lipinski definition) is 3. The molecule has 0 radical (unpaired) electrons. The van der Waals surface area contributed by atoms with E-state index in [9.17, 15) is 18.0 Å². The Bertz CT molecular complexity index is 356. The normalized spacial score (nSPS) is 11.8. The number of aromatic nitrogens is 3. The number of Topliss-reactive ketones (excluding diaryl/α,β-unsaturated/α-hetero) is 1. The summed E-state index contributed by atoms with van der Waals surface area (Å²) in [6.45, 7) is 2.45. The predicted octanol–water partition coefficient (Wildman–Crippen LogP) is 1.19. The summed E-state index contributed by atoms with van der Waals surface area (Å²) in [6.07, 6.45) is -4.56. The first-order valence-corrected chi connectivity index (χ1v) is 3.79. The highest BCUT2D eigenvalue weighted by Gasteiger charge is 2.36. The largest absolute Gasteiger partial charge is 0.453 e. The fourth-order valence-electron chi connectivity index (χ4n) is 0.901. The Morgan fingerprint density at radius 2 is 2.07 bits per heavy atom. The van der Waals surface area contributed by atoms with Crippen molar-refractivity contribution in [3.8, 4) is 0 Å². The van der Waals surface area contributed by atoms with Gasteiger partial charge in [-0.25, -0.2) is 9.67 Å². The minimum Gasteiger partial charge on any atom is -0.298 e. The molecule has 14 heavy (non-hydrogen) atoms. The van der Waals surface area contributed by atoms with Gasteiger partial charge in [-0.3, -0.25) is 4.79 Å². The maximum absolute atomic E-state index is 12.1. The third-order valence-electron chi connectivity index (χ3n) is 1.48. The van der Waals surface area contributed by atoms with Crippen molar-refractivity contribution < 1.29 is 18.0 Å². The maximum atomic E-state index is 12.1. The monoisotopic (exact) mass is 207 g/mol. The standard InChI is InChI=1S/C7H8F3N3O/c1-4(14)3-13-5(2)11-6(12-13)7(8,9)10/h3H2,1-2H3. The van der Waals surface area contributed by atoms with Crippen LogP contribution in [0, 0.1) is 6.92 Å². The van der Waals surface area contributed by atoms with Crippen molar-refractivity contribution in [3.05, 3.63) is 11.6 Å². The molecule has 7 heteroatoms. The molecule has 0 aliphatic heterocycles. The average Bonchev–Trinajstić information content (AvgIpc) is 2.30. The molecule has 0 fully saturated rings. The summed E-state index contributed by atoms with van der Waals surface area (Å²) in [7, 11) is 0. The Kier molecular flexibility index (Phi) is 2.59. The highest BCUT2D eigenvalue weighted by molar-refractivity contribution is 5.75. The summed E-state index contributed by atoms with van der Waals surface area (Å²) in [5.41, 5.74) is 0. The van der Waals surface area contributed by atoms with Crippen LogP contribution in [0.1, 0.15) is 18.6 Å². The van der Waals surface area contributed by atoms with Gasteiger partial charge in [0, 0.05) is 0 Å². The number of ketones is 1. The number of alkyl halides is 3. The van der Waals surface area contributed by atoms with E-state index in [4.69, 9.17) is 0 Å². The van der Waals surface area contributed by atoms with E-state index < -0.39 is 12.0 Å². The Morgan fingerprint density at radius 3 is 2.43 bits per heavy atom. The summed E-state index contributed by atoms with van der Waals surface area (Å²) < 4.78 is 37.2. The first kappa shape index (κ1) is 10.7. The van der Waals surface area contributed by atoms with Crippen molar-refractivity contribution in [2.24, 2.45) is 0 Å². The molecule has 1 aromatic rings. The zero-order valence-electron chi connectivity index (χ0n) is 7.59. The van der Waals surface area contributed by atoms with Crippen LogP contribution in [0.15, 0.2) is 0 Å². The van der Waals surface area contributed by atoms with Crippen molar-refractivity contribution in [2.75, 3.05) is 0 Å². The van der Waals surface area contributed by atoms with Crippen molar-refractivity contribution in [1.29, 1.82) is 0 Å². The number of hydrogen-bond donors (Lipinski definition) is 0. The molecular formula is C7H8F3N3O. The lowest BCUT2D eigenvalue weighted by atomic mass is 10.4. The van der Waals surface area contributed by atoms with Crippen molar-refractivity contribution >= 4 is 5.78 Å². The second-order valence-corrected chi connectivity index (χ2v) is 2.84. The molecule has 4 nitrogen and oxygen atoms in total. The van der Waals surface area contributed by atoms with Crippen molar-refractivity contribution in [2.45, 2.75) is 26.6 Å². The van der Waals surface area contributed by atoms with E-state index in [1.54, 1.807) is 0 Å². The summed E-state index contributed by atoms with van der Waals surface area (Å²) in [6, 6.07) is 0. The smallest absolute Gasteiger partial charge is 0.298 e. The zero-order chi connectivity index (χ0) is 10.9. The molecule has 0 aliphatic carbocycles. The number of aryl methyl sites for hydroxylation is 1. The number of rotatable bonds is 2. The molecular weight excluding hydrogens is 199 g/mol. The lowest BCUT2D eigenvalue weighted by Crippen LogP contribution is -2.12. The molecule has 1 rings (SSSR count). The van der Waals surface area contributed by atoms with E-state index in [2.05, 4.69) is 10.1 Å². The molecule has 78 valence electrons. The lowest BCUT2D eigenvalue weighted by Gasteiger charge is -1.99. The first-order chi connectivity index (χ1) is 6.30. The molecule has 1 aromatic heterocycles. The number of carbonyl (C=O) groups excluding carboxylic acids is 1. The van der Waals surface area contributed by atoms with Gasteiger partial charge in [-0.15, -0.1) is 5.10 Å². The van der Waals surface area contributed by atoms with Gasteiger partial charge in [0.2, 0.25) is 0 Å². The minimum absolute atomic E-state index is 0.0764. The fourth-order valence-corrected chi connectivity index (χ4v) is 0.901. The van der Waals surface area contributed by atoms with Gasteiger partial charge in [-0.1, -0.05) is 0 Å². The summed E-state index contributed by atoms with van der Waals surface area (Å²) in [5.74, 6) is -1.41. The third kappa shape index (κ3) is 2.30. The highest BCUT2D eigenvalue weighted by Crippen LogP contribution is 2.26. The van der Waals surface area contributed by atoms with Gasteiger partial charge in [0.15, 0.2) is 5.78 Å². The van der Waals surface area contributed by atoms with Crippen LogP contribution in [0.2, 0.25) is 0 Å². The second-order valence-electron chi connectivity index (χ2n) is 2.84. The van der Waals surface area contributed by atoms with Crippen LogP contribution < -0.4 is 0 Å². The molecule has 0 amide bonds. The van der Waals surface area contributed by atoms with Crippen molar-refractivity contribution in [1.82, 2.24) is 14.8 Å². The van der Waals surface area contributed by atoms with Gasteiger partial charge in [-0.2, -0.15) is 13.2 Å². The maximum Gasteiger partial charge on any atom is 0.453 e. The lowest BCUT2D eigenvalue weighted by molar-refractivity contribution is -0.145. The Labute approximate surface area is 77.7 Å². The molecule has 1 heterocycles. The van der Waals surface area contributed by atoms with E-state index in [0.29, 0.717) is 0 Å². The van der Waals surface area contributed by atoms with Gasteiger partial charge in [0.25, 0.3) is 5.82 Å². The van der Waals surface area contributed by atoms with Crippen LogP contribution >= 0.6 is 0 Å². The molecule has 0 spiro atoms. The van der Waals surface area contributed by atoms with Gasteiger partial charge in [-0.05, 0) is 13.8 Å². The van der Waals surface area contributed by atoms with Gasteiger partial charge >= 0.3 is 6.18 Å². The third-order valence-corrected chi connectivity index (χ3v) is 1.48. The molecule has 0 aromatic carbocycles. The van der Waals surface area contributed by atoms with E-state index in [-0.39, 0.29) is 18.2 Å². The zero-order valence-corrected chi connectivity index (χ0v) is 7.59. The first-order valence-electron chi connectivity index (χ1n) is 3.79. The van der Waals surface area contributed by atoms with Crippen LogP contribution in [0.3, 0.4) is 0 Å².